The van der Waals surface area contributed by atoms with Crippen LogP contribution in [0, 0.1) is 0 Å². The van der Waals surface area contributed by atoms with Gasteiger partial charge in [0.1, 0.15) is 0 Å². The van der Waals surface area contributed by atoms with Gasteiger partial charge in [0, 0.05) is 12.7 Å². The Morgan fingerprint density at radius 3 is 2.64 bits per heavy atom. The van der Waals surface area contributed by atoms with Crippen molar-refractivity contribution in [3.63, 3.8) is 0 Å². The highest BCUT2D eigenvalue weighted by Gasteiger charge is 1.89. The summed E-state index contributed by atoms with van der Waals surface area (Å²) in [7, 11) is 0. The van der Waals surface area contributed by atoms with Crippen LogP contribution in [0.2, 0.25) is 0 Å². The number of carboxylic acids is 1. The van der Waals surface area contributed by atoms with E-state index in [1.807, 2.05) is 0 Å². The standard InChI is InChI=1S/C11H20O3/c1-2-3-4-5-6-9-14-10-7-8-11(12)13/h7-8H,2-6,9-10H2,1H3,(H,12,13)/b8-7+. The summed E-state index contributed by atoms with van der Waals surface area (Å²) in [5, 5.41) is 8.27. The van der Waals surface area contributed by atoms with Crippen LogP contribution in [0.15, 0.2) is 12.2 Å². The van der Waals surface area contributed by atoms with Crippen LogP contribution in [-0.2, 0) is 9.53 Å². The molecule has 0 amide bonds. The van der Waals surface area contributed by atoms with Crippen LogP contribution in [0.4, 0.5) is 0 Å². The minimum absolute atomic E-state index is 0.403. The summed E-state index contributed by atoms with van der Waals surface area (Å²) in [6.07, 6.45) is 8.72. The van der Waals surface area contributed by atoms with Gasteiger partial charge >= 0.3 is 5.97 Å². The maximum atomic E-state index is 10.1. The second-order valence-electron chi connectivity index (χ2n) is 3.23. The topological polar surface area (TPSA) is 46.5 Å². The Morgan fingerprint density at radius 1 is 1.29 bits per heavy atom. The maximum absolute atomic E-state index is 10.1. The van der Waals surface area contributed by atoms with Crippen LogP contribution in [0.1, 0.15) is 39.0 Å². The molecule has 0 aliphatic heterocycles. The van der Waals surface area contributed by atoms with Gasteiger partial charge in [-0.2, -0.15) is 0 Å². The Bertz CT molecular complexity index is 164. The Hall–Kier alpha value is -0.830. The van der Waals surface area contributed by atoms with E-state index in [1.165, 1.54) is 31.8 Å². The van der Waals surface area contributed by atoms with Gasteiger partial charge in [-0.3, -0.25) is 0 Å². The number of rotatable bonds is 9. The lowest BCUT2D eigenvalue weighted by atomic mass is 10.2. The monoisotopic (exact) mass is 200 g/mol. The number of hydrogen-bond donors (Lipinski definition) is 1. The first-order chi connectivity index (χ1) is 6.77. The lowest BCUT2D eigenvalue weighted by Gasteiger charge is -2.00. The Morgan fingerprint density at radius 2 is 2.00 bits per heavy atom. The van der Waals surface area contributed by atoms with Crippen LogP contribution in [0.25, 0.3) is 0 Å². The van der Waals surface area contributed by atoms with Crippen molar-refractivity contribution in [3.8, 4) is 0 Å². The van der Waals surface area contributed by atoms with Gasteiger partial charge < -0.3 is 9.84 Å². The Labute approximate surface area is 85.8 Å². The van der Waals surface area contributed by atoms with Crippen molar-refractivity contribution in [2.75, 3.05) is 13.2 Å². The predicted octanol–water partition coefficient (Wildman–Crippen LogP) is 2.61. The molecule has 14 heavy (non-hydrogen) atoms. The molecule has 82 valence electrons. The second kappa shape index (κ2) is 10.3. The molecule has 0 rings (SSSR count). The van der Waals surface area contributed by atoms with Crippen molar-refractivity contribution < 1.29 is 14.6 Å². The SMILES string of the molecule is CCCCCCCOC/C=C/C(=O)O. The zero-order valence-electron chi connectivity index (χ0n) is 8.87. The smallest absolute Gasteiger partial charge is 0.328 e. The minimum Gasteiger partial charge on any atom is -0.478 e. The number of carboxylic acid groups (broad SMARTS) is 1. The first-order valence-electron chi connectivity index (χ1n) is 5.24. The number of hydrogen-bond acceptors (Lipinski definition) is 2. The maximum Gasteiger partial charge on any atom is 0.328 e. The van der Waals surface area contributed by atoms with Gasteiger partial charge in [-0.15, -0.1) is 0 Å². The molecule has 0 saturated carbocycles. The number of aliphatic carboxylic acids is 1. The van der Waals surface area contributed by atoms with E-state index < -0.39 is 5.97 Å². The van der Waals surface area contributed by atoms with E-state index in [2.05, 4.69) is 6.92 Å². The molecule has 0 aromatic heterocycles. The lowest BCUT2D eigenvalue weighted by molar-refractivity contribution is -0.131. The summed E-state index contributed by atoms with van der Waals surface area (Å²) in [4.78, 5) is 10.1. The summed E-state index contributed by atoms with van der Waals surface area (Å²) in [6, 6.07) is 0. The normalized spacial score (nSPS) is 10.9. The average molecular weight is 200 g/mol. The van der Waals surface area contributed by atoms with Crippen molar-refractivity contribution >= 4 is 5.97 Å². The molecule has 0 aromatic rings. The largest absolute Gasteiger partial charge is 0.478 e. The zero-order chi connectivity index (χ0) is 10.6. The molecule has 0 radical (unpaired) electrons. The highest BCUT2D eigenvalue weighted by Crippen LogP contribution is 2.02. The van der Waals surface area contributed by atoms with Crippen molar-refractivity contribution in [1.82, 2.24) is 0 Å². The molecule has 0 atom stereocenters. The highest BCUT2D eigenvalue weighted by atomic mass is 16.5. The fourth-order valence-electron chi connectivity index (χ4n) is 1.11. The first-order valence-corrected chi connectivity index (χ1v) is 5.24. The fraction of sp³-hybridized carbons (Fsp3) is 0.727. The summed E-state index contributed by atoms with van der Waals surface area (Å²) >= 11 is 0. The number of carbonyl (C=O) groups is 1. The van der Waals surface area contributed by atoms with Crippen LogP contribution in [0.5, 0.6) is 0 Å². The molecular formula is C11H20O3. The molecule has 0 fully saturated rings. The third-order valence-corrected chi connectivity index (χ3v) is 1.87. The first kappa shape index (κ1) is 13.2. The van der Waals surface area contributed by atoms with E-state index in [-0.39, 0.29) is 0 Å². The van der Waals surface area contributed by atoms with Gasteiger partial charge in [0.2, 0.25) is 0 Å². The van der Waals surface area contributed by atoms with E-state index in [0.29, 0.717) is 6.61 Å². The average Bonchev–Trinajstić information content (AvgIpc) is 2.15. The molecule has 0 heterocycles. The molecule has 3 heteroatoms. The number of ether oxygens (including phenoxy) is 1. The van der Waals surface area contributed by atoms with E-state index >= 15 is 0 Å². The summed E-state index contributed by atoms with van der Waals surface area (Å²) < 4.78 is 5.21. The van der Waals surface area contributed by atoms with Crippen molar-refractivity contribution in [3.05, 3.63) is 12.2 Å². The summed E-state index contributed by atoms with van der Waals surface area (Å²) in [5.74, 6) is -0.920. The quantitative estimate of drug-likeness (QED) is 0.459. The number of unbranched alkanes of at least 4 members (excludes halogenated alkanes) is 4. The van der Waals surface area contributed by atoms with Gasteiger partial charge in [-0.1, -0.05) is 38.7 Å². The molecule has 0 aliphatic carbocycles. The Balaban J connectivity index is 3.02. The van der Waals surface area contributed by atoms with Gasteiger partial charge in [-0.25, -0.2) is 4.79 Å². The van der Waals surface area contributed by atoms with E-state index in [0.717, 1.165) is 19.1 Å². The van der Waals surface area contributed by atoms with Crippen LogP contribution < -0.4 is 0 Å². The third-order valence-electron chi connectivity index (χ3n) is 1.87. The molecule has 0 saturated heterocycles. The lowest BCUT2D eigenvalue weighted by Crippen LogP contribution is -1.95. The van der Waals surface area contributed by atoms with Crippen LogP contribution in [0.3, 0.4) is 0 Å². The van der Waals surface area contributed by atoms with Gasteiger partial charge in [0.25, 0.3) is 0 Å². The molecule has 0 aliphatic rings. The van der Waals surface area contributed by atoms with Gasteiger partial charge in [0.15, 0.2) is 0 Å². The summed E-state index contributed by atoms with van der Waals surface area (Å²) in [5.41, 5.74) is 0. The van der Waals surface area contributed by atoms with Gasteiger partial charge in [-0.05, 0) is 6.42 Å². The third kappa shape index (κ3) is 11.2. The van der Waals surface area contributed by atoms with E-state index in [4.69, 9.17) is 9.84 Å². The fourth-order valence-corrected chi connectivity index (χ4v) is 1.11. The second-order valence-corrected chi connectivity index (χ2v) is 3.23. The van der Waals surface area contributed by atoms with Crippen molar-refractivity contribution in [2.45, 2.75) is 39.0 Å². The molecule has 0 bridgehead atoms. The molecule has 0 unspecified atom stereocenters. The van der Waals surface area contributed by atoms with Gasteiger partial charge in [0.05, 0.1) is 6.61 Å². The van der Waals surface area contributed by atoms with Crippen LogP contribution in [-0.4, -0.2) is 24.3 Å². The van der Waals surface area contributed by atoms with Crippen molar-refractivity contribution in [1.29, 1.82) is 0 Å². The molecule has 3 nitrogen and oxygen atoms in total. The Kier molecular flexibility index (Phi) is 9.64. The van der Waals surface area contributed by atoms with Crippen LogP contribution >= 0.6 is 0 Å². The van der Waals surface area contributed by atoms with E-state index in [1.54, 1.807) is 0 Å². The zero-order valence-corrected chi connectivity index (χ0v) is 8.87. The van der Waals surface area contributed by atoms with E-state index in [9.17, 15) is 4.79 Å². The van der Waals surface area contributed by atoms with Crippen molar-refractivity contribution in [2.24, 2.45) is 0 Å². The molecular weight excluding hydrogens is 180 g/mol. The highest BCUT2D eigenvalue weighted by molar-refractivity contribution is 5.79. The molecule has 1 N–H and O–H groups in total. The molecule has 0 spiro atoms. The minimum atomic E-state index is -0.920. The predicted molar refractivity (Wildman–Crippen MR) is 56.4 cm³/mol. The summed E-state index contributed by atoms with van der Waals surface area (Å²) in [6.45, 7) is 3.32. The molecule has 0 aromatic carbocycles.